The molecule has 4 rings (SSSR count). The summed E-state index contributed by atoms with van der Waals surface area (Å²) in [5, 5.41) is 11.2. The van der Waals surface area contributed by atoms with Gasteiger partial charge in [0.05, 0.1) is 20.6 Å². The summed E-state index contributed by atoms with van der Waals surface area (Å²) in [6, 6.07) is 5.75. The lowest BCUT2D eigenvalue weighted by Crippen LogP contribution is -2.37. The molecule has 0 radical (unpaired) electrons. The minimum atomic E-state index is -3.86. The number of nitrogens with zero attached hydrogens (tertiary/aromatic N) is 3. The SMILES string of the molecule is Cc1nc(C)c(C(=O)N2CCC(c3nc(C(=O)Nc4cccc(S(N)(=O)=O)c4)cs3)CC2)s1. The number of anilines is 1. The molecule has 0 atom stereocenters. The number of carbonyl (C=O) groups excluding carboxylic acids is 2. The first kappa shape index (κ1) is 23.5. The maximum absolute atomic E-state index is 12.8. The topological polar surface area (TPSA) is 135 Å². The number of piperidine rings is 1. The number of hydrogen-bond acceptors (Lipinski definition) is 8. The number of likely N-dealkylation sites (tertiary alicyclic amines) is 1. The number of aromatic nitrogens is 2. The number of nitrogens with two attached hydrogens (primary N) is 1. The summed E-state index contributed by atoms with van der Waals surface area (Å²) < 4.78 is 23.0. The molecule has 1 aliphatic heterocycles. The highest BCUT2D eigenvalue weighted by atomic mass is 32.2. The third kappa shape index (κ3) is 5.29. The van der Waals surface area contributed by atoms with Crippen molar-refractivity contribution in [3.63, 3.8) is 0 Å². The van der Waals surface area contributed by atoms with Gasteiger partial charge < -0.3 is 10.2 Å². The minimum absolute atomic E-state index is 0.0254. The van der Waals surface area contributed by atoms with Crippen LogP contribution in [-0.2, 0) is 10.0 Å². The van der Waals surface area contributed by atoms with E-state index in [4.69, 9.17) is 5.14 Å². The molecule has 174 valence electrons. The van der Waals surface area contributed by atoms with E-state index in [1.807, 2.05) is 18.7 Å². The molecule has 12 heteroatoms. The van der Waals surface area contributed by atoms with Crippen LogP contribution in [0, 0.1) is 13.8 Å². The van der Waals surface area contributed by atoms with Crippen molar-refractivity contribution in [2.45, 2.75) is 37.5 Å². The average molecular weight is 506 g/mol. The van der Waals surface area contributed by atoms with Crippen molar-refractivity contribution in [3.8, 4) is 0 Å². The number of sulfonamides is 1. The van der Waals surface area contributed by atoms with Crippen molar-refractivity contribution in [1.82, 2.24) is 14.9 Å². The van der Waals surface area contributed by atoms with Crippen LogP contribution in [0.4, 0.5) is 5.69 Å². The monoisotopic (exact) mass is 505 g/mol. The number of benzene rings is 1. The quantitative estimate of drug-likeness (QED) is 0.547. The molecule has 0 bridgehead atoms. The fourth-order valence-electron chi connectivity index (χ4n) is 3.73. The predicted octanol–water partition coefficient (Wildman–Crippen LogP) is 3.14. The Hall–Kier alpha value is -2.67. The van der Waals surface area contributed by atoms with E-state index < -0.39 is 15.9 Å². The first-order valence-corrected chi connectivity index (χ1v) is 13.5. The van der Waals surface area contributed by atoms with Gasteiger partial charge in [-0.3, -0.25) is 9.59 Å². The number of primary sulfonamides is 1. The number of carbonyl (C=O) groups is 2. The zero-order valence-corrected chi connectivity index (χ0v) is 20.5. The maximum Gasteiger partial charge on any atom is 0.275 e. The Labute approximate surface area is 199 Å². The summed E-state index contributed by atoms with van der Waals surface area (Å²) in [6.45, 7) is 5.01. The minimum Gasteiger partial charge on any atom is -0.338 e. The zero-order chi connectivity index (χ0) is 23.8. The second kappa shape index (κ2) is 9.29. The van der Waals surface area contributed by atoms with Crippen LogP contribution in [0.15, 0.2) is 34.5 Å². The normalized spacial score (nSPS) is 14.9. The molecular weight excluding hydrogens is 482 g/mol. The molecular formula is C21H23N5O4S3. The van der Waals surface area contributed by atoms with Crippen LogP contribution in [0.5, 0.6) is 0 Å². The zero-order valence-electron chi connectivity index (χ0n) is 18.1. The average Bonchev–Trinajstić information content (AvgIpc) is 3.39. The Kier molecular flexibility index (Phi) is 6.61. The summed E-state index contributed by atoms with van der Waals surface area (Å²) >= 11 is 2.84. The van der Waals surface area contributed by atoms with Crippen molar-refractivity contribution < 1.29 is 18.0 Å². The van der Waals surface area contributed by atoms with Gasteiger partial charge in [0.2, 0.25) is 10.0 Å². The molecule has 1 aromatic carbocycles. The van der Waals surface area contributed by atoms with Crippen molar-refractivity contribution >= 4 is 50.2 Å². The lowest BCUT2D eigenvalue weighted by atomic mass is 9.97. The van der Waals surface area contributed by atoms with Crippen LogP contribution in [0.1, 0.15) is 54.6 Å². The van der Waals surface area contributed by atoms with Crippen LogP contribution >= 0.6 is 22.7 Å². The number of nitrogens with one attached hydrogen (secondary N) is 1. The van der Waals surface area contributed by atoms with Crippen LogP contribution in [0.25, 0.3) is 0 Å². The molecule has 3 aromatic rings. The number of amides is 2. The molecule has 9 nitrogen and oxygen atoms in total. The smallest absolute Gasteiger partial charge is 0.275 e. The summed E-state index contributed by atoms with van der Waals surface area (Å²) in [5.74, 6) is -0.221. The van der Waals surface area contributed by atoms with E-state index in [2.05, 4.69) is 15.3 Å². The van der Waals surface area contributed by atoms with E-state index in [-0.39, 0.29) is 22.4 Å². The van der Waals surface area contributed by atoms with Gasteiger partial charge in [-0.1, -0.05) is 6.07 Å². The third-order valence-corrected chi connectivity index (χ3v) is 8.38. The van der Waals surface area contributed by atoms with Gasteiger partial charge in [0.15, 0.2) is 0 Å². The highest BCUT2D eigenvalue weighted by molar-refractivity contribution is 7.89. The molecule has 1 saturated heterocycles. The molecule has 33 heavy (non-hydrogen) atoms. The fraction of sp³-hybridized carbons (Fsp3) is 0.333. The number of rotatable bonds is 5. The molecule has 3 heterocycles. The predicted molar refractivity (Wildman–Crippen MR) is 127 cm³/mol. The van der Waals surface area contributed by atoms with E-state index in [1.165, 1.54) is 40.9 Å². The van der Waals surface area contributed by atoms with E-state index in [9.17, 15) is 18.0 Å². The van der Waals surface area contributed by atoms with Gasteiger partial charge in [-0.25, -0.2) is 23.5 Å². The Bertz CT molecular complexity index is 1310. The molecule has 2 aromatic heterocycles. The van der Waals surface area contributed by atoms with Gasteiger partial charge in [-0.05, 0) is 44.9 Å². The van der Waals surface area contributed by atoms with Crippen LogP contribution in [0.3, 0.4) is 0 Å². The van der Waals surface area contributed by atoms with E-state index >= 15 is 0 Å². The molecule has 0 spiro atoms. The van der Waals surface area contributed by atoms with Gasteiger partial charge in [-0.15, -0.1) is 22.7 Å². The van der Waals surface area contributed by atoms with Gasteiger partial charge >= 0.3 is 0 Å². The molecule has 0 saturated carbocycles. The van der Waals surface area contributed by atoms with Crippen LogP contribution < -0.4 is 10.5 Å². The van der Waals surface area contributed by atoms with E-state index in [1.54, 1.807) is 11.4 Å². The highest BCUT2D eigenvalue weighted by Crippen LogP contribution is 2.32. The summed E-state index contributed by atoms with van der Waals surface area (Å²) in [5.41, 5.74) is 1.36. The second-order valence-corrected chi connectivity index (χ2v) is 11.5. The summed E-state index contributed by atoms with van der Waals surface area (Å²) in [4.78, 5) is 36.7. The Morgan fingerprint density at radius 2 is 1.91 bits per heavy atom. The van der Waals surface area contributed by atoms with Crippen LogP contribution in [0.2, 0.25) is 0 Å². The molecule has 2 amide bonds. The fourth-order valence-corrected chi connectivity index (χ4v) is 6.15. The van der Waals surface area contributed by atoms with E-state index in [0.29, 0.717) is 23.7 Å². The first-order chi connectivity index (χ1) is 15.6. The molecule has 0 aliphatic carbocycles. The number of aryl methyl sites for hydroxylation is 2. The van der Waals surface area contributed by atoms with Crippen molar-refractivity contribution in [2.24, 2.45) is 5.14 Å². The second-order valence-electron chi connectivity index (χ2n) is 7.81. The highest BCUT2D eigenvalue weighted by Gasteiger charge is 2.28. The van der Waals surface area contributed by atoms with Crippen molar-refractivity contribution in [1.29, 1.82) is 0 Å². The van der Waals surface area contributed by atoms with Gasteiger partial charge in [-0.2, -0.15) is 0 Å². The number of hydrogen-bond donors (Lipinski definition) is 2. The first-order valence-electron chi connectivity index (χ1n) is 10.2. The lowest BCUT2D eigenvalue weighted by Gasteiger charge is -2.30. The van der Waals surface area contributed by atoms with E-state index in [0.717, 1.165) is 28.6 Å². The third-order valence-electron chi connectivity index (χ3n) is 5.40. The Balaban J connectivity index is 1.38. The molecule has 0 unspecified atom stereocenters. The maximum atomic E-state index is 12.8. The Morgan fingerprint density at radius 3 is 2.55 bits per heavy atom. The lowest BCUT2D eigenvalue weighted by molar-refractivity contribution is 0.0717. The molecule has 1 fully saturated rings. The van der Waals surface area contributed by atoms with Gasteiger partial charge in [0.25, 0.3) is 11.8 Å². The standard InChI is InChI=1S/C21H23N5O4S3/c1-12-18(32-13(2)23-12)21(28)26-8-6-14(7-9-26)20-25-17(11-31-20)19(27)24-15-4-3-5-16(10-15)33(22,29)30/h3-5,10-11,14H,6-9H2,1-2H3,(H,24,27)(H2,22,29,30). The van der Waals surface area contributed by atoms with Crippen molar-refractivity contribution in [2.75, 3.05) is 18.4 Å². The summed E-state index contributed by atoms with van der Waals surface area (Å²) in [6.07, 6.45) is 1.54. The molecule has 1 aliphatic rings. The van der Waals surface area contributed by atoms with Crippen LogP contribution in [-0.4, -0.2) is 48.2 Å². The largest absolute Gasteiger partial charge is 0.338 e. The summed E-state index contributed by atoms with van der Waals surface area (Å²) in [7, 11) is -3.86. The van der Waals surface area contributed by atoms with Crippen molar-refractivity contribution in [3.05, 3.63) is 55.9 Å². The Morgan fingerprint density at radius 1 is 1.18 bits per heavy atom. The van der Waals surface area contributed by atoms with Gasteiger partial charge in [0, 0.05) is 30.1 Å². The molecule has 3 N–H and O–H groups in total. The van der Waals surface area contributed by atoms with Gasteiger partial charge in [0.1, 0.15) is 10.6 Å². The number of thiazole rings is 2.